The molecule has 2 unspecified atom stereocenters. The van der Waals surface area contributed by atoms with Crippen LogP contribution in [0.25, 0.3) is 0 Å². The molecule has 28 heavy (non-hydrogen) atoms. The topological polar surface area (TPSA) is 86.1 Å². The van der Waals surface area contributed by atoms with E-state index in [1.54, 1.807) is 34.8 Å². The molecule has 0 spiro atoms. The van der Waals surface area contributed by atoms with E-state index >= 15 is 0 Å². The summed E-state index contributed by atoms with van der Waals surface area (Å²) < 4.78 is 1.65. The smallest absolute Gasteiger partial charge is 0.303 e. The molecule has 0 aromatic carbocycles. The Morgan fingerprint density at radius 1 is 1.11 bits per heavy atom. The van der Waals surface area contributed by atoms with Crippen molar-refractivity contribution in [2.24, 2.45) is 13.0 Å². The minimum atomic E-state index is -0.819. The summed E-state index contributed by atoms with van der Waals surface area (Å²) in [6.07, 6.45) is 3.13. The number of hydrogen-bond acceptors (Lipinski definition) is 5. The van der Waals surface area contributed by atoms with Crippen molar-refractivity contribution >= 4 is 17.7 Å². The van der Waals surface area contributed by atoms with E-state index in [2.05, 4.69) is 16.8 Å². The van der Waals surface area contributed by atoms with Crippen LogP contribution in [0.2, 0.25) is 0 Å². The van der Waals surface area contributed by atoms with Crippen LogP contribution in [0.3, 0.4) is 0 Å². The molecule has 1 amide bonds. The van der Waals surface area contributed by atoms with Crippen molar-refractivity contribution in [1.82, 2.24) is 19.3 Å². The average molecular weight is 390 g/mol. The summed E-state index contributed by atoms with van der Waals surface area (Å²) in [4.78, 5) is 42.9. The second kappa shape index (κ2) is 8.87. The van der Waals surface area contributed by atoms with Crippen LogP contribution in [0.15, 0.2) is 18.3 Å². The number of nitrogens with zero attached hydrogens (tertiary/aromatic N) is 4. The molecule has 154 valence electrons. The van der Waals surface area contributed by atoms with Gasteiger partial charge in [0.2, 0.25) is 0 Å². The van der Waals surface area contributed by atoms with Gasteiger partial charge in [-0.05, 0) is 37.9 Å². The number of likely N-dealkylation sites (N-methyl/N-ethyl adjacent to an activating group) is 1. The van der Waals surface area contributed by atoms with Crippen LogP contribution >= 0.6 is 0 Å². The third kappa shape index (κ3) is 4.62. The van der Waals surface area contributed by atoms with E-state index in [9.17, 15) is 14.4 Å². The number of amides is 1. The number of Topliss-reactive ketones (excluding diaryl/α,β-unsaturated/α-hetero) is 1. The normalized spacial score (nSPS) is 24.3. The lowest BCUT2D eigenvalue weighted by Crippen LogP contribution is -2.57. The molecule has 1 aromatic heterocycles. The van der Waals surface area contributed by atoms with Crippen LogP contribution in [-0.4, -0.2) is 94.4 Å². The summed E-state index contributed by atoms with van der Waals surface area (Å²) in [5, 5.41) is 9.14. The van der Waals surface area contributed by atoms with Gasteiger partial charge in [0, 0.05) is 65.0 Å². The van der Waals surface area contributed by atoms with Gasteiger partial charge >= 0.3 is 5.97 Å². The molecular formula is C20H30N4O4. The summed E-state index contributed by atoms with van der Waals surface area (Å²) in [6, 6.07) is 3.66. The predicted octanol–water partition coefficient (Wildman–Crippen LogP) is 0.537. The standard InChI is InChI=1S/C20H30N4O4/c1-21-10-12-23(13-11-21)16-7-9-24(14-15(16)5-6-18(25)26)20(28)19(27)17-4-3-8-22(17)2/h3-4,8,15-16H,5-7,9-14H2,1-2H3,(H,25,26). The molecule has 2 atom stereocenters. The maximum absolute atomic E-state index is 12.8. The molecule has 2 aliphatic heterocycles. The van der Waals surface area contributed by atoms with Crippen LogP contribution in [-0.2, 0) is 16.6 Å². The Bertz CT molecular complexity index is 724. The van der Waals surface area contributed by atoms with Gasteiger partial charge in [0.25, 0.3) is 11.7 Å². The Hall–Kier alpha value is -2.19. The third-order valence-electron chi connectivity index (χ3n) is 6.09. The number of carbonyl (C=O) groups is 3. The largest absolute Gasteiger partial charge is 0.481 e. The van der Waals surface area contributed by atoms with E-state index in [0.717, 1.165) is 32.6 Å². The van der Waals surface area contributed by atoms with Gasteiger partial charge in [-0.3, -0.25) is 19.3 Å². The molecule has 1 aromatic rings. The molecule has 0 saturated carbocycles. The number of likely N-dealkylation sites (tertiary alicyclic amines) is 1. The van der Waals surface area contributed by atoms with Gasteiger partial charge in [-0.15, -0.1) is 0 Å². The average Bonchev–Trinajstić information content (AvgIpc) is 3.11. The van der Waals surface area contributed by atoms with Crippen LogP contribution in [0, 0.1) is 5.92 Å². The molecule has 2 saturated heterocycles. The SMILES string of the molecule is CN1CCN(C2CCN(C(=O)C(=O)c3cccn3C)CC2CCC(=O)O)CC1. The number of aliphatic carboxylic acids is 1. The molecule has 3 heterocycles. The number of carbonyl (C=O) groups excluding carboxylic acids is 2. The zero-order valence-electron chi connectivity index (χ0n) is 16.7. The zero-order valence-corrected chi connectivity index (χ0v) is 16.7. The van der Waals surface area contributed by atoms with Gasteiger partial charge in [-0.25, -0.2) is 0 Å². The monoisotopic (exact) mass is 390 g/mol. The highest BCUT2D eigenvalue weighted by Crippen LogP contribution is 2.27. The number of aromatic nitrogens is 1. The van der Waals surface area contributed by atoms with Crippen LogP contribution in [0.1, 0.15) is 29.8 Å². The van der Waals surface area contributed by atoms with Gasteiger partial charge in [-0.2, -0.15) is 0 Å². The first-order valence-corrected chi connectivity index (χ1v) is 9.96. The van der Waals surface area contributed by atoms with Gasteiger partial charge < -0.3 is 19.5 Å². The molecule has 8 heteroatoms. The van der Waals surface area contributed by atoms with Crippen molar-refractivity contribution < 1.29 is 19.5 Å². The van der Waals surface area contributed by atoms with E-state index in [-0.39, 0.29) is 18.4 Å². The molecule has 8 nitrogen and oxygen atoms in total. The van der Waals surface area contributed by atoms with Crippen molar-refractivity contribution in [3.05, 3.63) is 24.0 Å². The number of piperidine rings is 1. The number of ketones is 1. The summed E-state index contributed by atoms with van der Waals surface area (Å²) >= 11 is 0. The highest BCUT2D eigenvalue weighted by Gasteiger charge is 2.37. The Morgan fingerprint density at radius 2 is 1.82 bits per heavy atom. The second-order valence-corrected chi connectivity index (χ2v) is 7.97. The number of rotatable bonds is 6. The fourth-order valence-corrected chi connectivity index (χ4v) is 4.38. The summed E-state index contributed by atoms with van der Waals surface area (Å²) in [5.41, 5.74) is 0.383. The second-order valence-electron chi connectivity index (χ2n) is 7.97. The minimum Gasteiger partial charge on any atom is -0.481 e. The van der Waals surface area contributed by atoms with Gasteiger partial charge in [-0.1, -0.05) is 0 Å². The summed E-state index contributed by atoms with van der Waals surface area (Å²) in [7, 11) is 3.85. The van der Waals surface area contributed by atoms with Gasteiger partial charge in [0.05, 0.1) is 5.69 Å². The Labute approximate surface area is 165 Å². The molecular weight excluding hydrogens is 360 g/mol. The highest BCUT2D eigenvalue weighted by atomic mass is 16.4. The number of carboxylic acids is 1. The van der Waals surface area contributed by atoms with Crippen molar-refractivity contribution in [2.75, 3.05) is 46.3 Å². The number of piperazine rings is 1. The van der Waals surface area contributed by atoms with E-state index in [4.69, 9.17) is 5.11 Å². The van der Waals surface area contributed by atoms with E-state index in [1.807, 2.05) is 0 Å². The lowest BCUT2D eigenvalue weighted by atomic mass is 9.86. The molecule has 2 aliphatic rings. The van der Waals surface area contributed by atoms with Crippen molar-refractivity contribution in [3.63, 3.8) is 0 Å². The number of aryl methyl sites for hydroxylation is 1. The van der Waals surface area contributed by atoms with Crippen molar-refractivity contribution in [1.29, 1.82) is 0 Å². The van der Waals surface area contributed by atoms with E-state index in [0.29, 0.717) is 25.2 Å². The lowest BCUT2D eigenvalue weighted by Gasteiger charge is -2.46. The summed E-state index contributed by atoms with van der Waals surface area (Å²) in [6.45, 7) is 4.89. The Kier molecular flexibility index (Phi) is 6.51. The number of carboxylic acid groups (broad SMARTS) is 1. The van der Waals surface area contributed by atoms with Crippen molar-refractivity contribution in [2.45, 2.75) is 25.3 Å². The predicted molar refractivity (Wildman–Crippen MR) is 104 cm³/mol. The first-order chi connectivity index (χ1) is 13.4. The zero-order chi connectivity index (χ0) is 20.3. The van der Waals surface area contributed by atoms with Crippen LogP contribution in [0.4, 0.5) is 0 Å². The highest BCUT2D eigenvalue weighted by molar-refractivity contribution is 6.42. The minimum absolute atomic E-state index is 0.0680. The lowest BCUT2D eigenvalue weighted by molar-refractivity contribution is -0.137. The molecule has 0 radical (unpaired) electrons. The summed E-state index contributed by atoms with van der Waals surface area (Å²) in [5.74, 6) is -1.74. The van der Waals surface area contributed by atoms with Gasteiger partial charge in [0.15, 0.2) is 0 Å². The first-order valence-electron chi connectivity index (χ1n) is 9.96. The molecule has 0 bridgehead atoms. The first kappa shape index (κ1) is 20.5. The van der Waals surface area contributed by atoms with E-state index < -0.39 is 17.7 Å². The fourth-order valence-electron chi connectivity index (χ4n) is 4.38. The Balaban J connectivity index is 1.69. The van der Waals surface area contributed by atoms with Crippen LogP contribution < -0.4 is 0 Å². The molecule has 0 aliphatic carbocycles. The Morgan fingerprint density at radius 3 is 2.43 bits per heavy atom. The molecule has 3 rings (SSSR count). The third-order valence-corrected chi connectivity index (χ3v) is 6.09. The number of hydrogen-bond donors (Lipinski definition) is 1. The fraction of sp³-hybridized carbons (Fsp3) is 0.650. The maximum atomic E-state index is 12.8. The maximum Gasteiger partial charge on any atom is 0.303 e. The van der Waals surface area contributed by atoms with E-state index in [1.165, 1.54) is 0 Å². The molecule has 1 N–H and O–H groups in total. The van der Waals surface area contributed by atoms with Crippen LogP contribution in [0.5, 0.6) is 0 Å². The van der Waals surface area contributed by atoms with Crippen molar-refractivity contribution in [3.8, 4) is 0 Å². The molecule has 2 fully saturated rings. The van der Waals surface area contributed by atoms with Gasteiger partial charge in [0.1, 0.15) is 0 Å². The quantitative estimate of drug-likeness (QED) is 0.564.